The number of carbonyl (C=O) groups is 2. The Bertz CT molecular complexity index is 1060. The standard InChI is InChI=1S/C24H23FN4O3/c1-2-11-27-23(30)17-28-12-4-13-29(15-14-28)24(31)18-7-9-19(10-8-18)32-22-6-3-5-21(25)20(22)16-26/h1,3,5-10H,4,11-15,17H2,(H,27,30). The van der Waals surface area contributed by atoms with Crippen molar-refractivity contribution < 1.29 is 18.7 Å². The van der Waals surface area contributed by atoms with E-state index in [1.165, 1.54) is 18.2 Å². The number of benzene rings is 2. The zero-order chi connectivity index (χ0) is 22.9. The van der Waals surface area contributed by atoms with Gasteiger partial charge in [-0.2, -0.15) is 5.26 Å². The molecule has 0 unspecified atom stereocenters. The zero-order valence-corrected chi connectivity index (χ0v) is 17.5. The van der Waals surface area contributed by atoms with Crippen LogP contribution in [0.2, 0.25) is 0 Å². The van der Waals surface area contributed by atoms with Gasteiger partial charge in [-0.05, 0) is 42.8 Å². The molecule has 1 saturated heterocycles. The highest BCUT2D eigenvalue weighted by Crippen LogP contribution is 2.27. The van der Waals surface area contributed by atoms with Crippen molar-refractivity contribution in [3.05, 3.63) is 59.4 Å². The first-order chi connectivity index (χ1) is 15.5. The number of hydrogen-bond donors (Lipinski definition) is 1. The van der Waals surface area contributed by atoms with Gasteiger partial charge < -0.3 is 15.0 Å². The quantitative estimate of drug-likeness (QED) is 0.706. The fraction of sp³-hybridized carbons (Fsp3) is 0.292. The van der Waals surface area contributed by atoms with E-state index in [2.05, 4.69) is 11.2 Å². The highest BCUT2D eigenvalue weighted by molar-refractivity contribution is 5.94. The molecule has 7 nitrogen and oxygen atoms in total. The molecule has 1 aliphatic heterocycles. The number of nitrogens with zero attached hydrogens (tertiary/aromatic N) is 3. The summed E-state index contributed by atoms with van der Waals surface area (Å²) < 4.78 is 19.3. The SMILES string of the molecule is C#CCNC(=O)CN1CCCN(C(=O)c2ccc(Oc3cccc(F)c3C#N)cc2)CC1. The van der Waals surface area contributed by atoms with Gasteiger partial charge >= 0.3 is 0 Å². The third kappa shape index (κ3) is 5.84. The molecule has 1 heterocycles. The Balaban J connectivity index is 1.59. The molecule has 1 fully saturated rings. The van der Waals surface area contributed by atoms with Gasteiger partial charge in [0.05, 0.1) is 13.1 Å². The summed E-state index contributed by atoms with van der Waals surface area (Å²) in [6.45, 7) is 2.86. The lowest BCUT2D eigenvalue weighted by Crippen LogP contribution is -2.40. The first kappa shape index (κ1) is 22.8. The van der Waals surface area contributed by atoms with Crippen LogP contribution in [0, 0.1) is 29.5 Å². The van der Waals surface area contributed by atoms with Crippen LogP contribution < -0.4 is 10.1 Å². The van der Waals surface area contributed by atoms with Crippen LogP contribution in [0.15, 0.2) is 42.5 Å². The van der Waals surface area contributed by atoms with E-state index in [1.807, 2.05) is 4.90 Å². The van der Waals surface area contributed by atoms with Gasteiger partial charge in [0, 0.05) is 31.7 Å². The molecule has 0 bridgehead atoms. The highest BCUT2D eigenvalue weighted by Gasteiger charge is 2.21. The van der Waals surface area contributed by atoms with E-state index in [9.17, 15) is 14.0 Å². The fourth-order valence-corrected chi connectivity index (χ4v) is 3.41. The van der Waals surface area contributed by atoms with Gasteiger partial charge in [-0.15, -0.1) is 6.42 Å². The molecule has 0 aliphatic carbocycles. The van der Waals surface area contributed by atoms with Crippen LogP contribution in [0.3, 0.4) is 0 Å². The summed E-state index contributed by atoms with van der Waals surface area (Å²) in [6, 6.07) is 12.5. The third-order valence-corrected chi connectivity index (χ3v) is 5.05. The first-order valence-electron chi connectivity index (χ1n) is 10.2. The number of carbonyl (C=O) groups excluding carboxylic acids is 2. The maximum absolute atomic E-state index is 13.7. The average Bonchev–Trinajstić information content (AvgIpc) is 3.03. The average molecular weight is 434 g/mol. The normalized spacial score (nSPS) is 14.0. The molecule has 0 saturated carbocycles. The minimum atomic E-state index is -0.652. The number of nitriles is 1. The predicted octanol–water partition coefficient (Wildman–Crippen LogP) is 2.39. The van der Waals surface area contributed by atoms with E-state index in [0.717, 1.165) is 13.0 Å². The zero-order valence-electron chi connectivity index (χ0n) is 17.5. The maximum Gasteiger partial charge on any atom is 0.253 e. The van der Waals surface area contributed by atoms with Crippen molar-refractivity contribution in [2.45, 2.75) is 6.42 Å². The number of rotatable bonds is 6. The summed E-state index contributed by atoms with van der Waals surface area (Å²) in [7, 11) is 0. The third-order valence-electron chi connectivity index (χ3n) is 5.05. The number of halogens is 1. The number of ether oxygens (including phenoxy) is 1. The van der Waals surface area contributed by atoms with Crippen molar-refractivity contribution in [2.24, 2.45) is 0 Å². The highest BCUT2D eigenvalue weighted by atomic mass is 19.1. The van der Waals surface area contributed by atoms with E-state index in [-0.39, 0.29) is 36.2 Å². The van der Waals surface area contributed by atoms with Crippen molar-refractivity contribution in [1.29, 1.82) is 5.26 Å². The second kappa shape index (κ2) is 10.9. The molecule has 2 aromatic carbocycles. The van der Waals surface area contributed by atoms with Crippen molar-refractivity contribution in [3.63, 3.8) is 0 Å². The minimum Gasteiger partial charge on any atom is -0.456 e. The predicted molar refractivity (Wildman–Crippen MR) is 116 cm³/mol. The van der Waals surface area contributed by atoms with E-state index >= 15 is 0 Å². The largest absolute Gasteiger partial charge is 0.456 e. The molecule has 0 atom stereocenters. The van der Waals surface area contributed by atoms with Crippen molar-refractivity contribution >= 4 is 11.8 Å². The summed E-state index contributed by atoms with van der Waals surface area (Å²) in [4.78, 5) is 28.5. The van der Waals surface area contributed by atoms with Gasteiger partial charge in [-0.3, -0.25) is 14.5 Å². The van der Waals surface area contributed by atoms with Crippen LogP contribution in [0.1, 0.15) is 22.3 Å². The molecule has 3 rings (SSSR count). The smallest absolute Gasteiger partial charge is 0.253 e. The molecule has 8 heteroatoms. The Morgan fingerprint density at radius 1 is 1.12 bits per heavy atom. The van der Waals surface area contributed by atoms with Crippen molar-refractivity contribution in [3.8, 4) is 29.9 Å². The van der Waals surface area contributed by atoms with E-state index in [1.54, 1.807) is 35.2 Å². The van der Waals surface area contributed by atoms with Crippen molar-refractivity contribution in [1.82, 2.24) is 15.1 Å². The second-order valence-corrected chi connectivity index (χ2v) is 7.25. The lowest BCUT2D eigenvalue weighted by atomic mass is 10.1. The van der Waals surface area contributed by atoms with Crippen LogP contribution >= 0.6 is 0 Å². The minimum absolute atomic E-state index is 0.112. The molecule has 32 heavy (non-hydrogen) atoms. The lowest BCUT2D eigenvalue weighted by molar-refractivity contribution is -0.121. The van der Waals surface area contributed by atoms with Crippen LogP contribution in [-0.2, 0) is 4.79 Å². The molecule has 0 spiro atoms. The molecular formula is C24H23FN4O3. The monoisotopic (exact) mass is 434 g/mol. The summed E-state index contributed by atoms with van der Waals surface area (Å²) >= 11 is 0. The molecule has 2 aromatic rings. The molecule has 0 aromatic heterocycles. The fourth-order valence-electron chi connectivity index (χ4n) is 3.41. The summed E-state index contributed by atoms with van der Waals surface area (Å²) in [5.74, 6) is 1.99. The van der Waals surface area contributed by atoms with E-state index < -0.39 is 5.82 Å². The van der Waals surface area contributed by atoms with Gasteiger partial charge in [-0.25, -0.2) is 4.39 Å². The van der Waals surface area contributed by atoms with Crippen LogP contribution in [0.4, 0.5) is 4.39 Å². The Morgan fingerprint density at radius 2 is 1.91 bits per heavy atom. The molecule has 164 valence electrons. The van der Waals surface area contributed by atoms with Gasteiger partial charge in [0.2, 0.25) is 5.91 Å². The van der Waals surface area contributed by atoms with E-state index in [4.69, 9.17) is 16.4 Å². The number of nitrogens with one attached hydrogen (secondary N) is 1. The summed E-state index contributed by atoms with van der Waals surface area (Å²) in [5.41, 5.74) is 0.326. The summed E-state index contributed by atoms with van der Waals surface area (Å²) in [5, 5.41) is 11.8. The Hall–Kier alpha value is -3.88. The Morgan fingerprint density at radius 3 is 2.62 bits per heavy atom. The topological polar surface area (TPSA) is 85.7 Å². The molecular weight excluding hydrogens is 411 g/mol. The number of terminal acetylenes is 1. The lowest BCUT2D eigenvalue weighted by Gasteiger charge is -2.22. The number of hydrogen-bond acceptors (Lipinski definition) is 5. The van der Waals surface area contributed by atoms with Gasteiger partial charge in [0.25, 0.3) is 5.91 Å². The molecule has 0 radical (unpaired) electrons. The van der Waals surface area contributed by atoms with Crippen LogP contribution in [-0.4, -0.2) is 60.9 Å². The Labute approximate surface area is 186 Å². The molecule has 1 N–H and O–H groups in total. The van der Waals surface area contributed by atoms with Crippen molar-refractivity contribution in [2.75, 3.05) is 39.3 Å². The number of amides is 2. The van der Waals surface area contributed by atoms with Gasteiger partial charge in [0.15, 0.2) is 0 Å². The molecule has 1 aliphatic rings. The summed E-state index contributed by atoms with van der Waals surface area (Å²) in [6.07, 6.45) is 5.91. The first-order valence-corrected chi connectivity index (χ1v) is 10.2. The molecule has 2 amide bonds. The maximum atomic E-state index is 13.7. The van der Waals surface area contributed by atoms with Gasteiger partial charge in [-0.1, -0.05) is 12.0 Å². The van der Waals surface area contributed by atoms with Crippen LogP contribution in [0.5, 0.6) is 11.5 Å². The van der Waals surface area contributed by atoms with E-state index in [0.29, 0.717) is 30.9 Å². The van der Waals surface area contributed by atoms with Gasteiger partial charge in [0.1, 0.15) is 28.9 Å². The second-order valence-electron chi connectivity index (χ2n) is 7.25. The Kier molecular flexibility index (Phi) is 7.80. The van der Waals surface area contributed by atoms with Crippen LogP contribution in [0.25, 0.3) is 0 Å².